The van der Waals surface area contributed by atoms with Gasteiger partial charge in [-0.1, -0.05) is 18.2 Å². The topological polar surface area (TPSA) is 90.9 Å². The predicted octanol–water partition coefficient (Wildman–Crippen LogP) is 3.39. The zero-order chi connectivity index (χ0) is 22.0. The van der Waals surface area contributed by atoms with Crippen LogP contribution in [-0.4, -0.2) is 59.8 Å². The minimum Gasteiger partial charge on any atom is -0.450 e. The van der Waals surface area contributed by atoms with Gasteiger partial charge in [0.25, 0.3) is 0 Å². The third kappa shape index (κ3) is 4.26. The van der Waals surface area contributed by atoms with Gasteiger partial charge in [-0.25, -0.2) is 14.6 Å². The van der Waals surface area contributed by atoms with Crippen LogP contribution < -0.4 is 15.1 Å². The van der Waals surface area contributed by atoms with E-state index in [9.17, 15) is 9.59 Å². The number of benzene rings is 1. The maximum absolute atomic E-state index is 13.0. The third-order valence-corrected chi connectivity index (χ3v) is 5.77. The first-order valence-electron chi connectivity index (χ1n) is 10.6. The summed E-state index contributed by atoms with van der Waals surface area (Å²) in [5.74, 6) is 1.12. The quantitative estimate of drug-likeness (QED) is 0.809. The molecule has 0 radical (unpaired) electrons. The van der Waals surface area contributed by atoms with Gasteiger partial charge < -0.3 is 15.0 Å². The lowest BCUT2D eigenvalue weighted by molar-refractivity contribution is 0.0983. The number of aromatic nitrogens is 2. The summed E-state index contributed by atoms with van der Waals surface area (Å²) in [7, 11) is 1.74. The minimum absolute atomic E-state index is 0.116. The summed E-state index contributed by atoms with van der Waals surface area (Å²) in [4.78, 5) is 39.0. The lowest BCUT2D eigenvalue weighted by atomic mass is 10.1. The molecule has 0 bridgehead atoms. The number of urea groups is 1. The van der Waals surface area contributed by atoms with Crippen LogP contribution in [0.3, 0.4) is 0 Å². The van der Waals surface area contributed by atoms with Crippen molar-refractivity contribution in [3.63, 3.8) is 0 Å². The molecule has 3 amide bonds. The van der Waals surface area contributed by atoms with Crippen molar-refractivity contribution in [3.05, 3.63) is 41.6 Å². The highest BCUT2D eigenvalue weighted by molar-refractivity contribution is 6.05. The average Bonchev–Trinajstić information content (AvgIpc) is 2.78. The Labute approximate surface area is 182 Å². The van der Waals surface area contributed by atoms with Crippen molar-refractivity contribution >= 4 is 29.6 Å². The van der Waals surface area contributed by atoms with E-state index in [1.165, 1.54) is 0 Å². The summed E-state index contributed by atoms with van der Waals surface area (Å²) >= 11 is 0. The Morgan fingerprint density at radius 2 is 2.00 bits per heavy atom. The molecule has 0 atom stereocenters. The van der Waals surface area contributed by atoms with Crippen LogP contribution in [-0.2, 0) is 11.3 Å². The molecule has 31 heavy (non-hydrogen) atoms. The van der Waals surface area contributed by atoms with Gasteiger partial charge in [-0.15, -0.1) is 0 Å². The van der Waals surface area contributed by atoms with E-state index in [0.717, 1.165) is 29.7 Å². The number of para-hydroxylation sites is 1. The predicted molar refractivity (Wildman–Crippen MR) is 118 cm³/mol. The molecule has 2 aromatic rings. The summed E-state index contributed by atoms with van der Waals surface area (Å²) in [5.41, 5.74) is 2.83. The standard InChI is InChI=1S/C22H28N6O3/c1-4-31-22(30)27-11-9-17(10-12-27)24-20-23-13-16-14-28(18-8-6-5-7-15(18)2)21(29)26(3)19(16)25-20/h5-8,13,17H,4,9-12,14H2,1-3H3,(H,23,24,25). The molecule has 0 saturated carbocycles. The van der Waals surface area contributed by atoms with Gasteiger partial charge in [0, 0.05) is 43.6 Å². The number of hydrogen-bond acceptors (Lipinski definition) is 6. The summed E-state index contributed by atoms with van der Waals surface area (Å²) in [6.45, 7) is 5.88. The first-order chi connectivity index (χ1) is 15.0. The van der Waals surface area contributed by atoms with Crippen LogP contribution in [0.1, 0.15) is 30.9 Å². The van der Waals surface area contributed by atoms with Crippen LogP contribution >= 0.6 is 0 Å². The Morgan fingerprint density at radius 1 is 1.26 bits per heavy atom. The fourth-order valence-electron chi connectivity index (χ4n) is 4.04. The first kappa shape index (κ1) is 20.9. The highest BCUT2D eigenvalue weighted by Crippen LogP contribution is 2.31. The molecule has 1 saturated heterocycles. The molecule has 9 nitrogen and oxygen atoms in total. The normalized spacial score (nSPS) is 16.9. The fourth-order valence-corrected chi connectivity index (χ4v) is 4.04. The summed E-state index contributed by atoms with van der Waals surface area (Å²) in [6, 6.07) is 7.89. The number of hydrogen-bond donors (Lipinski definition) is 1. The summed E-state index contributed by atoms with van der Waals surface area (Å²) in [6.07, 6.45) is 3.10. The largest absolute Gasteiger partial charge is 0.450 e. The molecule has 3 heterocycles. The van der Waals surface area contributed by atoms with Crippen molar-refractivity contribution < 1.29 is 14.3 Å². The number of carbonyl (C=O) groups is 2. The van der Waals surface area contributed by atoms with Crippen LogP contribution in [0.2, 0.25) is 0 Å². The second-order valence-corrected chi connectivity index (χ2v) is 7.86. The molecule has 0 aliphatic carbocycles. The smallest absolute Gasteiger partial charge is 0.409 e. The molecule has 9 heteroatoms. The van der Waals surface area contributed by atoms with Crippen molar-refractivity contribution in [1.82, 2.24) is 14.9 Å². The molecule has 1 N–H and O–H groups in total. The Morgan fingerprint density at radius 3 is 2.71 bits per heavy atom. The maximum atomic E-state index is 13.0. The number of carbonyl (C=O) groups excluding carboxylic acids is 2. The van der Waals surface area contributed by atoms with E-state index in [-0.39, 0.29) is 18.2 Å². The highest BCUT2D eigenvalue weighted by atomic mass is 16.6. The number of likely N-dealkylation sites (tertiary alicyclic amines) is 1. The third-order valence-electron chi connectivity index (χ3n) is 5.77. The van der Waals surface area contributed by atoms with E-state index in [2.05, 4.69) is 15.3 Å². The van der Waals surface area contributed by atoms with Gasteiger partial charge in [0.1, 0.15) is 5.82 Å². The van der Waals surface area contributed by atoms with Crippen molar-refractivity contribution in [2.75, 3.05) is 41.9 Å². The molecule has 2 aliphatic heterocycles. The first-order valence-corrected chi connectivity index (χ1v) is 10.6. The minimum atomic E-state index is -0.260. The molecule has 1 aromatic carbocycles. The SMILES string of the molecule is CCOC(=O)N1CCC(Nc2ncc3c(n2)N(C)C(=O)N(c2ccccc2C)C3)CC1. The molecule has 164 valence electrons. The Bertz CT molecular complexity index is 973. The highest BCUT2D eigenvalue weighted by Gasteiger charge is 2.31. The van der Waals surface area contributed by atoms with Gasteiger partial charge in [0.05, 0.1) is 13.2 Å². The lowest BCUT2D eigenvalue weighted by Gasteiger charge is -2.35. The molecule has 0 unspecified atom stereocenters. The number of nitrogens with zero attached hydrogens (tertiary/aromatic N) is 5. The van der Waals surface area contributed by atoms with E-state index in [0.29, 0.717) is 38.0 Å². The van der Waals surface area contributed by atoms with Crippen molar-refractivity contribution in [1.29, 1.82) is 0 Å². The number of anilines is 3. The molecule has 2 aliphatic rings. The number of aryl methyl sites for hydroxylation is 1. The summed E-state index contributed by atoms with van der Waals surface area (Å²) in [5, 5.41) is 3.36. The van der Waals surface area contributed by atoms with E-state index in [4.69, 9.17) is 4.74 Å². The second kappa shape index (κ2) is 8.79. The number of amides is 3. The van der Waals surface area contributed by atoms with Crippen LogP contribution in [0.15, 0.2) is 30.5 Å². The summed E-state index contributed by atoms with van der Waals surface area (Å²) < 4.78 is 5.07. The molecule has 1 fully saturated rings. The van der Waals surface area contributed by atoms with Crippen LogP contribution in [0.25, 0.3) is 0 Å². The monoisotopic (exact) mass is 424 g/mol. The van der Waals surface area contributed by atoms with Crippen LogP contribution in [0.4, 0.5) is 27.0 Å². The lowest BCUT2D eigenvalue weighted by Crippen LogP contribution is -2.46. The van der Waals surface area contributed by atoms with E-state index in [1.54, 1.807) is 27.9 Å². The van der Waals surface area contributed by atoms with Crippen molar-refractivity contribution in [2.24, 2.45) is 0 Å². The average molecular weight is 425 g/mol. The molecule has 0 spiro atoms. The Hall–Kier alpha value is -3.36. The Kier molecular flexibility index (Phi) is 5.92. The fraction of sp³-hybridized carbons (Fsp3) is 0.455. The van der Waals surface area contributed by atoms with Gasteiger partial charge in [0.15, 0.2) is 0 Å². The van der Waals surface area contributed by atoms with Gasteiger partial charge in [0.2, 0.25) is 5.95 Å². The van der Waals surface area contributed by atoms with E-state index >= 15 is 0 Å². The second-order valence-electron chi connectivity index (χ2n) is 7.86. The Balaban J connectivity index is 1.45. The number of ether oxygens (including phenoxy) is 1. The van der Waals surface area contributed by atoms with E-state index in [1.807, 2.05) is 38.1 Å². The number of nitrogens with one attached hydrogen (secondary N) is 1. The maximum Gasteiger partial charge on any atom is 0.409 e. The zero-order valence-electron chi connectivity index (χ0n) is 18.2. The van der Waals surface area contributed by atoms with Gasteiger partial charge in [-0.05, 0) is 38.3 Å². The van der Waals surface area contributed by atoms with Crippen molar-refractivity contribution in [3.8, 4) is 0 Å². The van der Waals surface area contributed by atoms with E-state index < -0.39 is 0 Å². The number of rotatable bonds is 4. The number of piperidine rings is 1. The van der Waals surface area contributed by atoms with Crippen LogP contribution in [0, 0.1) is 6.92 Å². The van der Waals surface area contributed by atoms with Crippen LogP contribution in [0.5, 0.6) is 0 Å². The molecular formula is C22H28N6O3. The van der Waals surface area contributed by atoms with Crippen molar-refractivity contribution in [2.45, 2.75) is 39.3 Å². The molecule has 1 aromatic heterocycles. The van der Waals surface area contributed by atoms with Gasteiger partial charge in [-0.2, -0.15) is 4.98 Å². The molecule has 4 rings (SSSR count). The number of fused-ring (bicyclic) bond motifs is 1. The zero-order valence-corrected chi connectivity index (χ0v) is 18.2. The van der Waals surface area contributed by atoms with Gasteiger partial charge in [-0.3, -0.25) is 9.80 Å². The van der Waals surface area contributed by atoms with Gasteiger partial charge >= 0.3 is 12.1 Å². The molecular weight excluding hydrogens is 396 g/mol.